The summed E-state index contributed by atoms with van der Waals surface area (Å²) in [6.07, 6.45) is 0.0648. The highest BCUT2D eigenvalue weighted by molar-refractivity contribution is 6.33. The number of hydrogen-bond donors (Lipinski definition) is 3. The van der Waals surface area contributed by atoms with Gasteiger partial charge in [-0.05, 0) is 38.5 Å². The standard InChI is InChI=1S/C12H17ClN2O2/c1-7(5-8(2)16)15-12(17)9-3-4-10(13)11(14)6-9/h3-4,6-8,16H,5,14H2,1-2H3,(H,15,17). The third kappa shape index (κ3) is 4.24. The van der Waals surface area contributed by atoms with Crippen LogP contribution in [0.25, 0.3) is 0 Å². The average molecular weight is 257 g/mol. The van der Waals surface area contributed by atoms with Gasteiger partial charge in [0.1, 0.15) is 0 Å². The largest absolute Gasteiger partial charge is 0.398 e. The Morgan fingerprint density at radius 3 is 2.71 bits per heavy atom. The number of aliphatic hydroxyl groups excluding tert-OH is 1. The van der Waals surface area contributed by atoms with Gasteiger partial charge in [-0.25, -0.2) is 0 Å². The first kappa shape index (κ1) is 13.8. The van der Waals surface area contributed by atoms with Gasteiger partial charge in [0.25, 0.3) is 5.91 Å². The number of halogens is 1. The van der Waals surface area contributed by atoms with Crippen LogP contribution < -0.4 is 11.1 Å². The Hall–Kier alpha value is -1.26. The molecule has 0 radical (unpaired) electrons. The van der Waals surface area contributed by atoms with Gasteiger partial charge >= 0.3 is 0 Å². The zero-order valence-electron chi connectivity index (χ0n) is 9.90. The molecule has 2 unspecified atom stereocenters. The minimum Gasteiger partial charge on any atom is -0.398 e. The van der Waals surface area contributed by atoms with Crippen LogP contribution in [0.5, 0.6) is 0 Å². The summed E-state index contributed by atoms with van der Waals surface area (Å²) in [5, 5.41) is 12.4. The lowest BCUT2D eigenvalue weighted by Gasteiger charge is -2.15. The van der Waals surface area contributed by atoms with Gasteiger partial charge in [0.05, 0.1) is 16.8 Å². The smallest absolute Gasteiger partial charge is 0.251 e. The number of nitrogens with two attached hydrogens (primary N) is 1. The maximum atomic E-state index is 11.8. The van der Waals surface area contributed by atoms with E-state index in [0.717, 1.165) is 0 Å². The van der Waals surface area contributed by atoms with Crippen LogP contribution in [-0.2, 0) is 0 Å². The third-order valence-corrected chi connectivity index (χ3v) is 2.67. The predicted molar refractivity (Wildman–Crippen MR) is 69.1 cm³/mol. The van der Waals surface area contributed by atoms with Crippen molar-refractivity contribution < 1.29 is 9.90 Å². The van der Waals surface area contributed by atoms with E-state index in [-0.39, 0.29) is 11.9 Å². The first-order valence-electron chi connectivity index (χ1n) is 5.44. The number of carbonyl (C=O) groups excluding carboxylic acids is 1. The lowest BCUT2D eigenvalue weighted by molar-refractivity contribution is 0.0923. The summed E-state index contributed by atoms with van der Waals surface area (Å²) in [7, 11) is 0. The summed E-state index contributed by atoms with van der Waals surface area (Å²) in [6, 6.07) is 4.64. The van der Waals surface area contributed by atoms with Gasteiger partial charge in [-0.1, -0.05) is 11.6 Å². The van der Waals surface area contributed by atoms with Crippen LogP contribution in [0.4, 0.5) is 5.69 Å². The molecule has 17 heavy (non-hydrogen) atoms. The number of nitrogen functional groups attached to an aromatic ring is 1. The second-order valence-corrected chi connectivity index (χ2v) is 4.60. The maximum absolute atomic E-state index is 11.8. The normalized spacial score (nSPS) is 14.1. The molecule has 0 aromatic heterocycles. The van der Waals surface area contributed by atoms with Crippen LogP contribution in [0.1, 0.15) is 30.6 Å². The minimum atomic E-state index is -0.444. The number of amides is 1. The topological polar surface area (TPSA) is 75.3 Å². The third-order valence-electron chi connectivity index (χ3n) is 2.33. The molecule has 0 heterocycles. The van der Waals surface area contributed by atoms with Crippen molar-refractivity contribution in [2.24, 2.45) is 0 Å². The van der Waals surface area contributed by atoms with Crippen molar-refractivity contribution in [1.29, 1.82) is 0 Å². The fourth-order valence-electron chi connectivity index (χ4n) is 1.56. The SMILES string of the molecule is CC(O)CC(C)NC(=O)c1ccc(Cl)c(N)c1. The highest BCUT2D eigenvalue weighted by atomic mass is 35.5. The maximum Gasteiger partial charge on any atom is 0.251 e. The number of carbonyl (C=O) groups is 1. The van der Waals surface area contributed by atoms with Crippen molar-refractivity contribution in [1.82, 2.24) is 5.32 Å². The lowest BCUT2D eigenvalue weighted by atomic mass is 10.1. The van der Waals surface area contributed by atoms with E-state index in [1.54, 1.807) is 19.1 Å². The summed E-state index contributed by atoms with van der Waals surface area (Å²) in [6.45, 7) is 3.52. The number of benzene rings is 1. The van der Waals surface area contributed by atoms with E-state index < -0.39 is 6.10 Å². The van der Waals surface area contributed by atoms with Gasteiger partial charge in [0.2, 0.25) is 0 Å². The highest BCUT2D eigenvalue weighted by Gasteiger charge is 2.12. The summed E-state index contributed by atoms with van der Waals surface area (Å²) in [5.41, 5.74) is 6.46. The highest BCUT2D eigenvalue weighted by Crippen LogP contribution is 2.19. The number of aliphatic hydroxyl groups is 1. The Morgan fingerprint density at radius 2 is 2.18 bits per heavy atom. The molecule has 1 aromatic carbocycles. The molecular formula is C12H17ClN2O2. The van der Waals surface area contributed by atoms with Crippen molar-refractivity contribution in [3.05, 3.63) is 28.8 Å². The first-order chi connectivity index (χ1) is 7.90. The van der Waals surface area contributed by atoms with E-state index in [1.807, 2.05) is 6.92 Å². The Labute approximate surface area is 106 Å². The quantitative estimate of drug-likeness (QED) is 0.719. The summed E-state index contributed by atoms with van der Waals surface area (Å²) in [5.74, 6) is -0.221. The van der Waals surface area contributed by atoms with Gasteiger partial charge in [-0.2, -0.15) is 0 Å². The molecule has 0 fully saturated rings. The monoisotopic (exact) mass is 256 g/mol. The number of anilines is 1. The van der Waals surface area contributed by atoms with Crippen LogP contribution in [0, 0.1) is 0 Å². The minimum absolute atomic E-state index is 0.0978. The molecule has 0 aliphatic carbocycles. The molecule has 0 bridgehead atoms. The molecule has 0 aliphatic rings. The molecule has 1 rings (SSSR count). The van der Waals surface area contributed by atoms with Gasteiger partial charge in [0, 0.05) is 11.6 Å². The fraction of sp³-hybridized carbons (Fsp3) is 0.417. The molecule has 2 atom stereocenters. The molecule has 1 aromatic rings. The van der Waals surface area contributed by atoms with E-state index in [1.165, 1.54) is 6.07 Å². The summed E-state index contributed by atoms with van der Waals surface area (Å²) in [4.78, 5) is 11.8. The molecule has 0 spiro atoms. The zero-order valence-corrected chi connectivity index (χ0v) is 10.7. The van der Waals surface area contributed by atoms with Crippen molar-refractivity contribution >= 4 is 23.2 Å². The van der Waals surface area contributed by atoms with Crippen LogP contribution in [0.2, 0.25) is 5.02 Å². The average Bonchev–Trinajstić information content (AvgIpc) is 2.20. The van der Waals surface area contributed by atoms with E-state index in [9.17, 15) is 9.90 Å². The first-order valence-corrected chi connectivity index (χ1v) is 5.82. The van der Waals surface area contributed by atoms with Crippen molar-refractivity contribution in [2.45, 2.75) is 32.4 Å². The van der Waals surface area contributed by atoms with Gasteiger partial charge in [-0.15, -0.1) is 0 Å². The number of hydrogen-bond acceptors (Lipinski definition) is 3. The molecule has 0 aliphatic heterocycles. The zero-order chi connectivity index (χ0) is 13.0. The molecule has 5 heteroatoms. The molecular weight excluding hydrogens is 240 g/mol. The van der Waals surface area contributed by atoms with Crippen molar-refractivity contribution in [3.63, 3.8) is 0 Å². The molecule has 0 saturated carbocycles. The Bertz CT molecular complexity index is 407. The van der Waals surface area contributed by atoms with Crippen molar-refractivity contribution in [3.8, 4) is 0 Å². The van der Waals surface area contributed by atoms with Crippen LogP contribution in [-0.4, -0.2) is 23.2 Å². The van der Waals surface area contributed by atoms with Crippen molar-refractivity contribution in [2.75, 3.05) is 5.73 Å². The molecule has 1 amide bonds. The Morgan fingerprint density at radius 1 is 1.53 bits per heavy atom. The van der Waals surface area contributed by atoms with Crippen LogP contribution in [0.15, 0.2) is 18.2 Å². The summed E-state index contributed by atoms with van der Waals surface area (Å²) >= 11 is 5.77. The van der Waals surface area contributed by atoms with Gasteiger partial charge < -0.3 is 16.2 Å². The predicted octanol–water partition coefficient (Wildman–Crippen LogP) is 1.81. The molecule has 4 N–H and O–H groups in total. The van der Waals surface area contributed by atoms with Crippen LogP contribution in [0.3, 0.4) is 0 Å². The fourth-order valence-corrected chi connectivity index (χ4v) is 1.68. The number of rotatable bonds is 4. The van der Waals surface area contributed by atoms with E-state index in [4.69, 9.17) is 17.3 Å². The second kappa shape index (κ2) is 5.89. The molecule has 4 nitrogen and oxygen atoms in total. The molecule has 94 valence electrons. The Balaban J connectivity index is 2.66. The van der Waals surface area contributed by atoms with E-state index in [0.29, 0.717) is 22.7 Å². The second-order valence-electron chi connectivity index (χ2n) is 4.20. The van der Waals surface area contributed by atoms with E-state index in [2.05, 4.69) is 5.32 Å². The lowest BCUT2D eigenvalue weighted by Crippen LogP contribution is -2.34. The number of nitrogens with one attached hydrogen (secondary N) is 1. The van der Waals surface area contributed by atoms with E-state index >= 15 is 0 Å². The van der Waals surface area contributed by atoms with Gasteiger partial charge in [0.15, 0.2) is 0 Å². The summed E-state index contributed by atoms with van der Waals surface area (Å²) < 4.78 is 0. The van der Waals surface area contributed by atoms with Crippen LogP contribution >= 0.6 is 11.6 Å². The Kier molecular flexibility index (Phi) is 4.78. The molecule has 0 saturated heterocycles. The van der Waals surface area contributed by atoms with Gasteiger partial charge in [-0.3, -0.25) is 4.79 Å².